The number of halogens is 1. The number of carbonyl (C=O) groups excluding carboxylic acids is 2. The molecule has 0 saturated heterocycles. The highest BCUT2D eigenvalue weighted by Gasteiger charge is 2.00. The van der Waals surface area contributed by atoms with Crippen molar-refractivity contribution in [2.45, 2.75) is 12.8 Å². The Balaban J connectivity index is 0. The van der Waals surface area contributed by atoms with Crippen molar-refractivity contribution in [1.82, 2.24) is 5.48 Å². The van der Waals surface area contributed by atoms with E-state index in [0.717, 1.165) is 0 Å². The molecule has 0 heterocycles. The summed E-state index contributed by atoms with van der Waals surface area (Å²) in [7, 11) is 0. The highest BCUT2D eigenvalue weighted by molar-refractivity contribution is 5.82. The van der Waals surface area contributed by atoms with Crippen LogP contribution in [0.25, 0.3) is 0 Å². The van der Waals surface area contributed by atoms with Crippen molar-refractivity contribution in [2.75, 3.05) is 0 Å². The van der Waals surface area contributed by atoms with E-state index in [1.807, 2.05) is 0 Å². The fourth-order valence-electron chi connectivity index (χ4n) is 0.293. The Kier molecular flexibility index (Phi) is 6.91. The molecule has 0 aliphatic heterocycles. The maximum absolute atomic E-state index is 10.1. The monoisotopic (exact) mass is 152 g/mol. The summed E-state index contributed by atoms with van der Waals surface area (Å²) in [6, 6.07) is 0. The van der Waals surface area contributed by atoms with Gasteiger partial charge in [-0.2, -0.15) is 0 Å². The van der Waals surface area contributed by atoms with Crippen LogP contribution in [-0.2, 0) is 9.59 Å². The summed E-state index contributed by atoms with van der Waals surface area (Å²) in [4.78, 5) is 20.1. The van der Waals surface area contributed by atoms with Crippen molar-refractivity contribution in [1.29, 1.82) is 0 Å². The number of nitrogens with two attached hydrogens (primary N) is 1. The van der Waals surface area contributed by atoms with Gasteiger partial charge < -0.3 is 5.73 Å². The molecule has 0 rings (SSSR count). The quantitative estimate of drug-likeness (QED) is 0.354. The van der Waals surface area contributed by atoms with Crippen LogP contribution in [0.4, 0.5) is 4.70 Å². The first-order valence-electron chi connectivity index (χ1n) is 2.38. The van der Waals surface area contributed by atoms with Gasteiger partial charge in [0.2, 0.25) is 11.8 Å². The third-order valence-corrected chi connectivity index (χ3v) is 0.723. The Morgan fingerprint density at radius 2 is 1.90 bits per heavy atom. The maximum Gasteiger partial charge on any atom is 0.243 e. The average Bonchev–Trinajstić information content (AvgIpc) is 1.83. The largest absolute Gasteiger partial charge is 0.370 e. The summed E-state index contributed by atoms with van der Waals surface area (Å²) in [5, 5.41) is 7.90. The van der Waals surface area contributed by atoms with Crippen LogP contribution in [0.3, 0.4) is 0 Å². The van der Waals surface area contributed by atoms with Crippen LogP contribution in [-0.4, -0.2) is 17.0 Å². The summed E-state index contributed by atoms with van der Waals surface area (Å²) < 4.78 is 0. The van der Waals surface area contributed by atoms with Crippen molar-refractivity contribution in [3.63, 3.8) is 0 Å². The van der Waals surface area contributed by atoms with E-state index in [0.29, 0.717) is 0 Å². The van der Waals surface area contributed by atoms with Gasteiger partial charge in [0.25, 0.3) is 0 Å². The smallest absolute Gasteiger partial charge is 0.243 e. The predicted molar refractivity (Wildman–Crippen MR) is 30.9 cm³/mol. The zero-order valence-corrected chi connectivity index (χ0v) is 5.16. The molecule has 0 saturated carbocycles. The van der Waals surface area contributed by atoms with Crippen LogP contribution in [0.5, 0.6) is 0 Å². The average molecular weight is 152 g/mol. The first kappa shape index (κ1) is 11.6. The standard InChI is InChI=1S/C4H8N2O3.FH/c5-3(7)1-2-4(8)6-9;/h9H,1-2H2,(H2,5,7)(H,6,8);1H. The number of hydroxylamine groups is 1. The number of nitrogens with one attached hydrogen (secondary N) is 1. The zero-order chi connectivity index (χ0) is 7.28. The number of amides is 2. The van der Waals surface area contributed by atoms with E-state index in [1.54, 1.807) is 0 Å². The number of hydrogen-bond acceptors (Lipinski definition) is 3. The second-order valence-corrected chi connectivity index (χ2v) is 1.50. The van der Waals surface area contributed by atoms with Crippen LogP contribution in [0.15, 0.2) is 0 Å². The van der Waals surface area contributed by atoms with Gasteiger partial charge in [0.15, 0.2) is 0 Å². The fourth-order valence-corrected chi connectivity index (χ4v) is 0.293. The van der Waals surface area contributed by atoms with E-state index >= 15 is 0 Å². The Labute approximate surface area is 56.5 Å². The molecule has 0 aromatic heterocycles. The van der Waals surface area contributed by atoms with Gasteiger partial charge in [-0.1, -0.05) is 0 Å². The molecule has 60 valence electrons. The molecule has 10 heavy (non-hydrogen) atoms. The molecule has 0 aliphatic carbocycles. The molecule has 6 heteroatoms. The molecule has 5 nitrogen and oxygen atoms in total. The minimum atomic E-state index is -0.603. The molecule has 0 aliphatic rings. The molecule has 0 atom stereocenters. The Hall–Kier alpha value is -1.17. The summed E-state index contributed by atoms with van der Waals surface area (Å²) in [5.74, 6) is -1.16. The van der Waals surface area contributed by atoms with E-state index < -0.39 is 11.8 Å². The van der Waals surface area contributed by atoms with Gasteiger partial charge in [-0.25, -0.2) is 5.48 Å². The minimum Gasteiger partial charge on any atom is -0.370 e. The molecule has 0 fully saturated rings. The van der Waals surface area contributed by atoms with Crippen LogP contribution >= 0.6 is 0 Å². The van der Waals surface area contributed by atoms with Crippen molar-refractivity contribution < 1.29 is 19.5 Å². The van der Waals surface area contributed by atoms with Gasteiger partial charge in [-0.05, 0) is 0 Å². The molecular weight excluding hydrogens is 143 g/mol. The molecule has 0 spiro atoms. The Morgan fingerprint density at radius 3 is 2.20 bits per heavy atom. The van der Waals surface area contributed by atoms with Crippen molar-refractivity contribution in [3.05, 3.63) is 0 Å². The lowest BCUT2D eigenvalue weighted by Gasteiger charge is -1.92. The van der Waals surface area contributed by atoms with Gasteiger partial charge >= 0.3 is 0 Å². The second-order valence-electron chi connectivity index (χ2n) is 1.50. The van der Waals surface area contributed by atoms with E-state index in [4.69, 9.17) is 10.9 Å². The van der Waals surface area contributed by atoms with Gasteiger partial charge in [-0.15, -0.1) is 0 Å². The molecule has 2 amide bonds. The van der Waals surface area contributed by atoms with Crippen molar-refractivity contribution in [3.8, 4) is 0 Å². The predicted octanol–water partition coefficient (Wildman–Crippen LogP) is -1.09. The van der Waals surface area contributed by atoms with Gasteiger partial charge in [0, 0.05) is 12.8 Å². The normalized spacial score (nSPS) is 7.70. The summed E-state index contributed by atoms with van der Waals surface area (Å²) in [5.41, 5.74) is 6.07. The van der Waals surface area contributed by atoms with E-state index in [2.05, 4.69) is 0 Å². The van der Waals surface area contributed by atoms with Gasteiger partial charge in [0.05, 0.1) is 0 Å². The topological polar surface area (TPSA) is 92.4 Å². The van der Waals surface area contributed by atoms with Crippen LogP contribution < -0.4 is 11.2 Å². The van der Waals surface area contributed by atoms with Crippen LogP contribution in [0.1, 0.15) is 12.8 Å². The Morgan fingerprint density at radius 1 is 1.40 bits per heavy atom. The minimum absolute atomic E-state index is 0. The molecule has 0 aromatic rings. The third kappa shape index (κ3) is 6.83. The third-order valence-electron chi connectivity index (χ3n) is 0.723. The van der Waals surface area contributed by atoms with E-state index in [1.165, 1.54) is 5.48 Å². The Bertz CT molecular complexity index is 128. The lowest BCUT2D eigenvalue weighted by molar-refractivity contribution is -0.131. The number of rotatable bonds is 3. The summed E-state index contributed by atoms with van der Waals surface area (Å²) >= 11 is 0. The molecule has 0 unspecified atom stereocenters. The molecule has 4 N–H and O–H groups in total. The first-order valence-corrected chi connectivity index (χ1v) is 2.38. The molecule has 0 bridgehead atoms. The highest BCUT2D eigenvalue weighted by Crippen LogP contribution is 1.84. The lowest BCUT2D eigenvalue weighted by Crippen LogP contribution is -2.21. The number of hydrogen-bond donors (Lipinski definition) is 3. The first-order chi connectivity index (χ1) is 4.16. The van der Waals surface area contributed by atoms with Crippen LogP contribution in [0.2, 0.25) is 0 Å². The number of carbonyl (C=O) groups is 2. The van der Waals surface area contributed by atoms with E-state index in [9.17, 15) is 9.59 Å². The molecule has 0 radical (unpaired) electrons. The summed E-state index contributed by atoms with van der Waals surface area (Å²) in [6.45, 7) is 0. The van der Waals surface area contributed by atoms with Crippen LogP contribution in [0, 0.1) is 0 Å². The maximum atomic E-state index is 10.1. The van der Waals surface area contributed by atoms with Crippen molar-refractivity contribution >= 4 is 11.8 Å². The highest BCUT2D eigenvalue weighted by atomic mass is 19.0. The fraction of sp³-hybridized carbons (Fsp3) is 0.500. The SMILES string of the molecule is F.NC(=O)CCC(=O)NO. The molecule has 0 aromatic carbocycles. The number of primary amides is 1. The second kappa shape index (κ2) is 5.96. The molecular formula is C4H9FN2O3. The summed E-state index contributed by atoms with van der Waals surface area (Å²) in [6.07, 6.45) is -0.0990. The zero-order valence-electron chi connectivity index (χ0n) is 5.16. The van der Waals surface area contributed by atoms with Gasteiger partial charge in [-0.3, -0.25) is 19.5 Å². The lowest BCUT2D eigenvalue weighted by atomic mass is 10.3. The van der Waals surface area contributed by atoms with Crippen molar-refractivity contribution in [2.24, 2.45) is 5.73 Å². The van der Waals surface area contributed by atoms with E-state index in [-0.39, 0.29) is 17.5 Å². The van der Waals surface area contributed by atoms with Gasteiger partial charge in [0.1, 0.15) is 0 Å².